The van der Waals surface area contributed by atoms with Gasteiger partial charge < -0.3 is 18.9 Å². The summed E-state index contributed by atoms with van der Waals surface area (Å²) in [7, 11) is 1.58. The highest BCUT2D eigenvalue weighted by Crippen LogP contribution is 2.30. The van der Waals surface area contributed by atoms with Crippen LogP contribution in [0.3, 0.4) is 0 Å². The van der Waals surface area contributed by atoms with Gasteiger partial charge in [-0.1, -0.05) is 18.2 Å². The summed E-state index contributed by atoms with van der Waals surface area (Å²) in [4.78, 5) is 12.1. The molecule has 0 aliphatic carbocycles. The quantitative estimate of drug-likeness (QED) is 0.396. The van der Waals surface area contributed by atoms with E-state index in [1.54, 1.807) is 37.5 Å². The smallest absolute Gasteiger partial charge is 0.336 e. The van der Waals surface area contributed by atoms with Gasteiger partial charge in [-0.05, 0) is 56.7 Å². The topological polar surface area (TPSA) is 54.0 Å². The number of para-hydroxylation sites is 2. The fraction of sp³-hybridized carbons (Fsp3) is 0.286. The SMILES string of the molecule is CCOc1ccccc1OC(=O)C=Cc1ccc(OC(C)C)c(OC)c1. The van der Waals surface area contributed by atoms with Crippen LogP contribution in [0.4, 0.5) is 0 Å². The third kappa shape index (κ3) is 5.55. The normalized spacial score (nSPS) is 10.8. The van der Waals surface area contributed by atoms with E-state index in [9.17, 15) is 4.79 Å². The summed E-state index contributed by atoms with van der Waals surface area (Å²) < 4.78 is 21.8. The molecular weight excluding hydrogens is 332 g/mol. The molecule has 2 aromatic rings. The van der Waals surface area contributed by atoms with Crippen LogP contribution in [0.2, 0.25) is 0 Å². The molecule has 0 heterocycles. The molecule has 0 saturated carbocycles. The summed E-state index contributed by atoms with van der Waals surface area (Å²) in [6, 6.07) is 12.5. The molecule has 0 N–H and O–H groups in total. The van der Waals surface area contributed by atoms with Crippen molar-refractivity contribution in [3.05, 3.63) is 54.1 Å². The summed E-state index contributed by atoms with van der Waals surface area (Å²) in [5.41, 5.74) is 0.799. The van der Waals surface area contributed by atoms with Gasteiger partial charge in [-0.25, -0.2) is 4.79 Å². The van der Waals surface area contributed by atoms with Crippen molar-refractivity contribution in [2.75, 3.05) is 13.7 Å². The van der Waals surface area contributed by atoms with Crippen LogP contribution >= 0.6 is 0 Å². The van der Waals surface area contributed by atoms with E-state index in [0.717, 1.165) is 5.56 Å². The van der Waals surface area contributed by atoms with Crippen LogP contribution in [0.25, 0.3) is 6.08 Å². The molecule has 26 heavy (non-hydrogen) atoms. The molecule has 138 valence electrons. The lowest BCUT2D eigenvalue weighted by Crippen LogP contribution is -2.07. The third-order valence-corrected chi connectivity index (χ3v) is 3.32. The van der Waals surface area contributed by atoms with Crippen molar-refractivity contribution in [1.82, 2.24) is 0 Å². The van der Waals surface area contributed by atoms with Gasteiger partial charge in [0, 0.05) is 6.08 Å². The van der Waals surface area contributed by atoms with Crippen LogP contribution in [0, 0.1) is 0 Å². The molecule has 5 heteroatoms. The molecule has 0 radical (unpaired) electrons. The van der Waals surface area contributed by atoms with Gasteiger partial charge in [-0.3, -0.25) is 0 Å². The summed E-state index contributed by atoms with van der Waals surface area (Å²) in [6.07, 6.45) is 3.07. The number of methoxy groups -OCH3 is 1. The van der Waals surface area contributed by atoms with Gasteiger partial charge in [-0.15, -0.1) is 0 Å². The Bertz CT molecular complexity index is 765. The molecule has 2 rings (SSSR count). The van der Waals surface area contributed by atoms with Crippen LogP contribution in [0.5, 0.6) is 23.0 Å². The molecular formula is C21H24O5. The average Bonchev–Trinajstić information content (AvgIpc) is 2.62. The third-order valence-electron chi connectivity index (χ3n) is 3.32. The highest BCUT2D eigenvalue weighted by atomic mass is 16.6. The van der Waals surface area contributed by atoms with Crippen molar-refractivity contribution in [2.45, 2.75) is 26.9 Å². The molecule has 0 fully saturated rings. The summed E-state index contributed by atoms with van der Waals surface area (Å²) in [5.74, 6) is 1.71. The molecule has 0 bridgehead atoms. The predicted molar refractivity (Wildman–Crippen MR) is 101 cm³/mol. The zero-order chi connectivity index (χ0) is 18.9. The molecule has 0 aliphatic heterocycles. The van der Waals surface area contributed by atoms with E-state index < -0.39 is 5.97 Å². The molecule has 2 aromatic carbocycles. The number of rotatable bonds is 8. The zero-order valence-electron chi connectivity index (χ0n) is 15.5. The first-order chi connectivity index (χ1) is 12.5. The Kier molecular flexibility index (Phi) is 7.09. The lowest BCUT2D eigenvalue weighted by Gasteiger charge is -2.13. The van der Waals surface area contributed by atoms with Crippen LogP contribution in [0.15, 0.2) is 48.5 Å². The Morgan fingerprint density at radius 2 is 1.77 bits per heavy atom. The molecule has 0 unspecified atom stereocenters. The monoisotopic (exact) mass is 356 g/mol. The highest BCUT2D eigenvalue weighted by molar-refractivity contribution is 5.89. The zero-order valence-corrected chi connectivity index (χ0v) is 15.5. The van der Waals surface area contributed by atoms with Crippen molar-refractivity contribution < 1.29 is 23.7 Å². The van der Waals surface area contributed by atoms with Gasteiger partial charge in [0.05, 0.1) is 19.8 Å². The lowest BCUT2D eigenvalue weighted by molar-refractivity contribution is -0.129. The Labute approximate surface area is 154 Å². The number of hydrogen-bond donors (Lipinski definition) is 0. The second kappa shape index (κ2) is 9.51. The van der Waals surface area contributed by atoms with Crippen molar-refractivity contribution >= 4 is 12.0 Å². The largest absolute Gasteiger partial charge is 0.493 e. The number of benzene rings is 2. The van der Waals surface area contributed by atoms with E-state index in [-0.39, 0.29) is 6.10 Å². The number of ether oxygens (including phenoxy) is 4. The van der Waals surface area contributed by atoms with Crippen molar-refractivity contribution in [3.8, 4) is 23.0 Å². The molecule has 0 atom stereocenters. The molecule has 5 nitrogen and oxygen atoms in total. The Hall–Kier alpha value is -2.95. The predicted octanol–water partition coefficient (Wildman–Crippen LogP) is 4.50. The maximum atomic E-state index is 12.1. The van der Waals surface area contributed by atoms with Crippen molar-refractivity contribution in [1.29, 1.82) is 0 Å². The van der Waals surface area contributed by atoms with E-state index >= 15 is 0 Å². The average molecular weight is 356 g/mol. The van der Waals surface area contributed by atoms with Crippen molar-refractivity contribution in [3.63, 3.8) is 0 Å². The van der Waals surface area contributed by atoms with Crippen LogP contribution < -0.4 is 18.9 Å². The summed E-state index contributed by atoms with van der Waals surface area (Å²) in [6.45, 7) is 6.26. The van der Waals surface area contributed by atoms with Crippen LogP contribution in [0.1, 0.15) is 26.3 Å². The van der Waals surface area contributed by atoms with Gasteiger partial charge in [-0.2, -0.15) is 0 Å². The van der Waals surface area contributed by atoms with Gasteiger partial charge in [0.15, 0.2) is 23.0 Å². The highest BCUT2D eigenvalue weighted by Gasteiger charge is 2.09. The summed E-state index contributed by atoms with van der Waals surface area (Å²) >= 11 is 0. The van der Waals surface area contributed by atoms with E-state index in [1.807, 2.05) is 39.0 Å². The lowest BCUT2D eigenvalue weighted by atomic mass is 10.2. The van der Waals surface area contributed by atoms with E-state index in [2.05, 4.69) is 0 Å². The molecule has 0 aromatic heterocycles. The van der Waals surface area contributed by atoms with E-state index in [1.165, 1.54) is 6.08 Å². The Morgan fingerprint density at radius 3 is 2.42 bits per heavy atom. The van der Waals surface area contributed by atoms with Gasteiger partial charge in [0.2, 0.25) is 0 Å². The maximum Gasteiger partial charge on any atom is 0.336 e. The minimum Gasteiger partial charge on any atom is -0.493 e. The number of hydrogen-bond acceptors (Lipinski definition) is 5. The minimum absolute atomic E-state index is 0.0469. The first kappa shape index (κ1) is 19.4. The minimum atomic E-state index is -0.487. The van der Waals surface area contributed by atoms with E-state index in [4.69, 9.17) is 18.9 Å². The van der Waals surface area contributed by atoms with Crippen LogP contribution in [-0.2, 0) is 4.79 Å². The van der Waals surface area contributed by atoms with Gasteiger partial charge >= 0.3 is 5.97 Å². The van der Waals surface area contributed by atoms with Gasteiger partial charge in [0.25, 0.3) is 0 Å². The number of carbonyl (C=O) groups excluding carboxylic acids is 1. The standard InChI is InChI=1S/C21H24O5/c1-5-24-17-8-6-7-9-18(17)26-21(22)13-11-16-10-12-19(25-15(2)3)20(14-16)23-4/h6-15H,5H2,1-4H3. The van der Waals surface area contributed by atoms with E-state index in [0.29, 0.717) is 29.6 Å². The molecule has 0 saturated heterocycles. The van der Waals surface area contributed by atoms with Crippen LogP contribution in [-0.4, -0.2) is 25.8 Å². The Balaban J connectivity index is 2.08. The Morgan fingerprint density at radius 1 is 1.04 bits per heavy atom. The van der Waals surface area contributed by atoms with Gasteiger partial charge in [0.1, 0.15) is 0 Å². The molecule has 0 spiro atoms. The van der Waals surface area contributed by atoms with Crippen molar-refractivity contribution in [2.24, 2.45) is 0 Å². The summed E-state index contributed by atoms with van der Waals surface area (Å²) in [5, 5.41) is 0. The maximum absolute atomic E-state index is 12.1. The fourth-order valence-corrected chi connectivity index (χ4v) is 2.26. The first-order valence-corrected chi connectivity index (χ1v) is 8.50. The molecule has 0 aliphatic rings. The number of esters is 1. The fourth-order valence-electron chi connectivity index (χ4n) is 2.26. The first-order valence-electron chi connectivity index (χ1n) is 8.50. The molecule has 0 amide bonds. The second-order valence-electron chi connectivity index (χ2n) is 5.71. The number of carbonyl (C=O) groups is 1. The second-order valence-corrected chi connectivity index (χ2v) is 5.71.